The summed E-state index contributed by atoms with van der Waals surface area (Å²) in [6.07, 6.45) is 3.29. The van der Waals surface area contributed by atoms with Crippen molar-refractivity contribution in [1.82, 2.24) is 9.88 Å². The summed E-state index contributed by atoms with van der Waals surface area (Å²) >= 11 is 0. The summed E-state index contributed by atoms with van der Waals surface area (Å²) in [5.41, 5.74) is 0.819. The topological polar surface area (TPSA) is 92.9 Å². The van der Waals surface area contributed by atoms with E-state index in [1.807, 2.05) is 6.07 Å². The van der Waals surface area contributed by atoms with Gasteiger partial charge in [-0.3, -0.25) is 14.6 Å². The second-order valence-corrected chi connectivity index (χ2v) is 5.75. The van der Waals surface area contributed by atoms with Gasteiger partial charge in [0.15, 0.2) is 5.76 Å². The Hall–Kier alpha value is -2.67. The third-order valence-corrected chi connectivity index (χ3v) is 4.20. The van der Waals surface area contributed by atoms with E-state index in [1.54, 1.807) is 37.7 Å². The molecule has 1 aliphatic heterocycles. The zero-order valence-corrected chi connectivity index (χ0v) is 13.2. The van der Waals surface area contributed by atoms with E-state index in [4.69, 9.17) is 9.15 Å². The van der Waals surface area contributed by atoms with Crippen LogP contribution in [0.3, 0.4) is 0 Å². The minimum atomic E-state index is -0.918. The molecule has 2 atom stereocenters. The number of carbonyl (C=O) groups is 2. The molecule has 0 aliphatic carbocycles. The van der Waals surface area contributed by atoms with E-state index in [0.717, 1.165) is 5.56 Å². The van der Waals surface area contributed by atoms with Gasteiger partial charge in [-0.15, -0.1) is 0 Å². The van der Waals surface area contributed by atoms with Crippen LogP contribution in [0.4, 0.5) is 0 Å². The summed E-state index contributed by atoms with van der Waals surface area (Å²) in [4.78, 5) is 29.7. The van der Waals surface area contributed by atoms with E-state index in [0.29, 0.717) is 12.3 Å². The summed E-state index contributed by atoms with van der Waals surface area (Å²) in [7, 11) is 1.54. The minimum Gasteiger partial charge on any atom is -0.481 e. The van der Waals surface area contributed by atoms with Gasteiger partial charge in [0.2, 0.25) is 0 Å². The molecule has 0 aromatic carbocycles. The van der Waals surface area contributed by atoms with Crippen LogP contribution in [0.15, 0.2) is 41.1 Å². The van der Waals surface area contributed by atoms with Crippen molar-refractivity contribution in [1.29, 1.82) is 0 Å². The smallest absolute Gasteiger partial charge is 0.308 e. The van der Waals surface area contributed by atoms with Gasteiger partial charge in [-0.2, -0.15) is 0 Å². The normalized spacial score (nSPS) is 20.3. The van der Waals surface area contributed by atoms with E-state index < -0.39 is 11.9 Å². The molecular formula is C17H18N2O5. The Kier molecular flexibility index (Phi) is 4.61. The average Bonchev–Trinajstić information content (AvgIpc) is 3.22. The maximum absolute atomic E-state index is 12.6. The van der Waals surface area contributed by atoms with Crippen molar-refractivity contribution in [2.24, 2.45) is 5.92 Å². The van der Waals surface area contributed by atoms with E-state index in [-0.39, 0.29) is 30.7 Å². The Morgan fingerprint density at radius 2 is 2.21 bits per heavy atom. The van der Waals surface area contributed by atoms with Crippen LogP contribution in [0.2, 0.25) is 0 Å². The molecule has 7 nitrogen and oxygen atoms in total. The molecule has 3 heterocycles. The van der Waals surface area contributed by atoms with Gasteiger partial charge in [-0.05, 0) is 23.8 Å². The molecule has 7 heteroatoms. The molecule has 1 N–H and O–H groups in total. The number of likely N-dealkylation sites (tertiary alicyclic amines) is 1. The van der Waals surface area contributed by atoms with Gasteiger partial charge in [-0.25, -0.2) is 0 Å². The van der Waals surface area contributed by atoms with Gasteiger partial charge in [0, 0.05) is 38.5 Å². The lowest BCUT2D eigenvalue weighted by atomic mass is 9.90. The second kappa shape index (κ2) is 6.84. The maximum Gasteiger partial charge on any atom is 0.308 e. The minimum absolute atomic E-state index is 0.147. The van der Waals surface area contributed by atoms with Crippen LogP contribution >= 0.6 is 0 Å². The van der Waals surface area contributed by atoms with Crippen LogP contribution < -0.4 is 0 Å². The largest absolute Gasteiger partial charge is 0.481 e. The van der Waals surface area contributed by atoms with Crippen molar-refractivity contribution in [3.63, 3.8) is 0 Å². The van der Waals surface area contributed by atoms with Crippen LogP contribution in [-0.2, 0) is 16.1 Å². The Morgan fingerprint density at radius 3 is 2.88 bits per heavy atom. The average molecular weight is 330 g/mol. The molecule has 0 spiro atoms. The predicted octanol–water partition coefficient (Wildman–Crippen LogP) is 1.76. The van der Waals surface area contributed by atoms with E-state index >= 15 is 0 Å². The van der Waals surface area contributed by atoms with Crippen LogP contribution in [-0.4, -0.2) is 47.1 Å². The number of pyridine rings is 1. The number of carboxylic acids is 1. The molecule has 1 saturated heterocycles. The molecule has 3 rings (SSSR count). The van der Waals surface area contributed by atoms with Crippen molar-refractivity contribution < 1.29 is 23.8 Å². The first-order valence-corrected chi connectivity index (χ1v) is 7.59. The molecule has 2 aromatic heterocycles. The summed E-state index contributed by atoms with van der Waals surface area (Å²) < 4.78 is 10.4. The molecule has 1 aliphatic rings. The molecule has 0 radical (unpaired) electrons. The lowest BCUT2D eigenvalue weighted by Gasteiger charge is -2.15. The fraction of sp³-hybridized carbons (Fsp3) is 0.353. The highest BCUT2D eigenvalue weighted by Crippen LogP contribution is 2.33. The summed E-state index contributed by atoms with van der Waals surface area (Å²) in [6.45, 7) is 0.749. The monoisotopic (exact) mass is 330 g/mol. The number of aliphatic carboxylic acids is 1. The predicted molar refractivity (Wildman–Crippen MR) is 83.4 cm³/mol. The van der Waals surface area contributed by atoms with Gasteiger partial charge in [0.05, 0.1) is 5.92 Å². The number of nitrogens with zero attached hydrogens (tertiary/aromatic N) is 2. The number of ether oxygens (including phenoxy) is 1. The van der Waals surface area contributed by atoms with Gasteiger partial charge in [0.25, 0.3) is 5.91 Å². The van der Waals surface area contributed by atoms with E-state index in [2.05, 4.69) is 4.98 Å². The number of carbonyl (C=O) groups excluding carboxylic acids is 1. The van der Waals surface area contributed by atoms with Gasteiger partial charge >= 0.3 is 5.97 Å². The first-order chi connectivity index (χ1) is 11.6. The fourth-order valence-corrected chi connectivity index (χ4v) is 3.02. The number of amides is 1. The second-order valence-electron chi connectivity index (χ2n) is 5.75. The first-order valence-electron chi connectivity index (χ1n) is 7.59. The molecule has 2 aromatic rings. The van der Waals surface area contributed by atoms with Gasteiger partial charge < -0.3 is 19.2 Å². The number of hydrogen-bond acceptors (Lipinski definition) is 5. The summed E-state index contributed by atoms with van der Waals surface area (Å²) in [5, 5.41) is 9.49. The zero-order chi connectivity index (χ0) is 17.1. The molecule has 0 saturated carbocycles. The van der Waals surface area contributed by atoms with Crippen molar-refractivity contribution in [3.05, 3.63) is 53.7 Å². The van der Waals surface area contributed by atoms with Crippen LogP contribution in [0.1, 0.15) is 27.8 Å². The third-order valence-electron chi connectivity index (χ3n) is 4.20. The van der Waals surface area contributed by atoms with Crippen molar-refractivity contribution >= 4 is 11.9 Å². The highest BCUT2D eigenvalue weighted by atomic mass is 16.5. The summed E-state index contributed by atoms with van der Waals surface area (Å²) in [5.74, 6) is -1.43. The highest BCUT2D eigenvalue weighted by Gasteiger charge is 2.41. The SMILES string of the molecule is COCc1ccc(C(=O)N2C[C@H](C(=O)O)[C@@H](c3cccnc3)C2)o1. The number of furan rings is 1. The van der Waals surface area contributed by atoms with Gasteiger partial charge in [0.1, 0.15) is 12.4 Å². The Balaban J connectivity index is 1.79. The zero-order valence-electron chi connectivity index (χ0n) is 13.2. The Bertz CT molecular complexity index is 728. The molecule has 1 amide bonds. The number of methoxy groups -OCH3 is 1. The van der Waals surface area contributed by atoms with E-state index in [9.17, 15) is 14.7 Å². The molecule has 126 valence electrons. The van der Waals surface area contributed by atoms with Crippen molar-refractivity contribution in [3.8, 4) is 0 Å². The Labute approximate surface area is 138 Å². The fourth-order valence-electron chi connectivity index (χ4n) is 3.02. The summed E-state index contributed by atoms with van der Waals surface area (Å²) in [6, 6.07) is 6.87. The lowest BCUT2D eigenvalue weighted by Crippen LogP contribution is -2.29. The van der Waals surface area contributed by atoms with Crippen LogP contribution in [0.5, 0.6) is 0 Å². The Morgan fingerprint density at radius 1 is 1.38 bits per heavy atom. The van der Waals surface area contributed by atoms with E-state index in [1.165, 1.54) is 4.90 Å². The van der Waals surface area contributed by atoms with Crippen molar-refractivity contribution in [2.75, 3.05) is 20.2 Å². The van der Waals surface area contributed by atoms with Crippen LogP contribution in [0.25, 0.3) is 0 Å². The quantitative estimate of drug-likeness (QED) is 0.898. The first kappa shape index (κ1) is 16.2. The molecule has 24 heavy (non-hydrogen) atoms. The van der Waals surface area contributed by atoms with Crippen molar-refractivity contribution in [2.45, 2.75) is 12.5 Å². The molecule has 1 fully saturated rings. The molecular weight excluding hydrogens is 312 g/mol. The number of rotatable bonds is 5. The number of carboxylic acid groups (broad SMARTS) is 1. The highest BCUT2D eigenvalue weighted by molar-refractivity contribution is 5.92. The van der Waals surface area contributed by atoms with Crippen LogP contribution in [0, 0.1) is 5.92 Å². The number of aromatic nitrogens is 1. The third kappa shape index (κ3) is 3.16. The standard InChI is InChI=1S/C17H18N2O5/c1-23-10-12-4-5-15(24-12)16(20)19-8-13(14(9-19)17(21)22)11-3-2-6-18-7-11/h2-7,13-14H,8-10H2,1H3,(H,21,22)/t13-,14+/m1/s1. The lowest BCUT2D eigenvalue weighted by molar-refractivity contribution is -0.141. The maximum atomic E-state index is 12.6. The van der Waals surface area contributed by atoms with Gasteiger partial charge in [-0.1, -0.05) is 6.07 Å². The number of hydrogen-bond donors (Lipinski definition) is 1. The molecule has 0 unspecified atom stereocenters. The molecule has 0 bridgehead atoms.